The van der Waals surface area contributed by atoms with Gasteiger partial charge >= 0.3 is 5.97 Å². The van der Waals surface area contributed by atoms with Crippen LogP contribution in [0.3, 0.4) is 0 Å². The van der Waals surface area contributed by atoms with Crippen LogP contribution in [-0.2, 0) is 9.53 Å². The fourth-order valence-electron chi connectivity index (χ4n) is 5.17. The van der Waals surface area contributed by atoms with Gasteiger partial charge in [0.25, 0.3) is 0 Å². The molecule has 4 N–H and O–H groups in total. The zero-order chi connectivity index (χ0) is 30.1. The molecule has 1 aliphatic heterocycles. The summed E-state index contributed by atoms with van der Waals surface area (Å²) in [5.41, 5.74) is 1.45. The molecule has 2 aromatic carbocycles. The van der Waals surface area contributed by atoms with Gasteiger partial charge in [-0.05, 0) is 44.0 Å². The number of hydrogen-bond donors (Lipinski definition) is 4. The number of benzene rings is 2. The van der Waals surface area contributed by atoms with Crippen molar-refractivity contribution >= 4 is 51.2 Å². The SMILES string of the molecule is Cc1cc2cc(F)cc(Oc3ccc(C(=O)c4c[nH]c5ncnc(N[C@@H]6CC[C@@H](CNCC(=O)O)OC6)c45)c(Cl)c3)c2o1. The molecule has 5 aromatic rings. The lowest BCUT2D eigenvalue weighted by atomic mass is 10.0. The van der Waals surface area contributed by atoms with Gasteiger partial charge in [0, 0.05) is 35.8 Å². The minimum Gasteiger partial charge on any atom is -0.480 e. The molecule has 0 unspecified atom stereocenters. The first-order valence-electron chi connectivity index (χ1n) is 13.6. The molecule has 11 nitrogen and oxygen atoms in total. The number of aliphatic carboxylic acids is 1. The molecule has 1 saturated heterocycles. The number of carbonyl (C=O) groups is 2. The topological polar surface area (TPSA) is 152 Å². The summed E-state index contributed by atoms with van der Waals surface area (Å²) in [5.74, 6) is -0.144. The fraction of sp³-hybridized carbons (Fsp3) is 0.267. The highest BCUT2D eigenvalue weighted by Crippen LogP contribution is 2.36. The number of anilines is 1. The van der Waals surface area contributed by atoms with Gasteiger partial charge < -0.3 is 34.6 Å². The summed E-state index contributed by atoms with van der Waals surface area (Å²) in [6, 6.07) is 8.86. The van der Waals surface area contributed by atoms with E-state index >= 15 is 0 Å². The molecule has 6 rings (SSSR count). The van der Waals surface area contributed by atoms with Gasteiger partial charge in [0.2, 0.25) is 0 Å². The summed E-state index contributed by atoms with van der Waals surface area (Å²) in [6.07, 6.45) is 4.37. The van der Waals surface area contributed by atoms with Crippen LogP contribution in [0.1, 0.15) is 34.5 Å². The Hall–Kier alpha value is -4.52. The number of nitrogens with one attached hydrogen (secondary N) is 3. The van der Waals surface area contributed by atoms with Crippen LogP contribution in [0.4, 0.5) is 10.2 Å². The molecule has 0 amide bonds. The van der Waals surface area contributed by atoms with Crippen molar-refractivity contribution in [2.24, 2.45) is 0 Å². The lowest BCUT2D eigenvalue weighted by molar-refractivity contribution is -0.136. The number of rotatable bonds is 10. The number of carboxylic acids is 1. The second kappa shape index (κ2) is 12.0. The quantitative estimate of drug-likeness (QED) is 0.151. The molecule has 0 spiro atoms. The van der Waals surface area contributed by atoms with Gasteiger partial charge in [-0.3, -0.25) is 9.59 Å². The van der Waals surface area contributed by atoms with E-state index in [1.807, 2.05) is 0 Å². The monoisotopic (exact) mass is 607 g/mol. The van der Waals surface area contributed by atoms with E-state index in [2.05, 4.69) is 25.6 Å². The van der Waals surface area contributed by atoms with Crippen LogP contribution in [0.25, 0.3) is 22.0 Å². The number of ether oxygens (including phenoxy) is 2. The summed E-state index contributed by atoms with van der Waals surface area (Å²) < 4.78 is 31.6. The number of ketones is 1. The zero-order valence-electron chi connectivity index (χ0n) is 22.9. The van der Waals surface area contributed by atoms with Crippen LogP contribution < -0.4 is 15.4 Å². The molecule has 4 heterocycles. The number of halogens is 2. The fourth-order valence-corrected chi connectivity index (χ4v) is 5.43. The minimum absolute atomic E-state index is 0.0704. The molecule has 1 aliphatic rings. The largest absolute Gasteiger partial charge is 0.480 e. The maximum absolute atomic E-state index is 14.2. The molecule has 0 bridgehead atoms. The normalized spacial score (nSPS) is 16.9. The van der Waals surface area contributed by atoms with Gasteiger partial charge in [-0.1, -0.05) is 11.6 Å². The Morgan fingerprint density at radius 2 is 2.05 bits per heavy atom. The van der Waals surface area contributed by atoms with E-state index in [9.17, 15) is 14.0 Å². The van der Waals surface area contributed by atoms with Gasteiger partial charge in [-0.2, -0.15) is 0 Å². The molecule has 13 heteroatoms. The van der Waals surface area contributed by atoms with Gasteiger partial charge in [-0.15, -0.1) is 0 Å². The van der Waals surface area contributed by atoms with E-state index in [1.54, 1.807) is 31.3 Å². The molecule has 222 valence electrons. The Labute approximate surface area is 249 Å². The predicted molar refractivity (Wildman–Crippen MR) is 157 cm³/mol. The van der Waals surface area contributed by atoms with Crippen LogP contribution in [0.2, 0.25) is 5.02 Å². The highest BCUT2D eigenvalue weighted by Gasteiger charge is 2.25. The van der Waals surface area contributed by atoms with Crippen molar-refractivity contribution in [1.82, 2.24) is 20.3 Å². The molecule has 1 fully saturated rings. The van der Waals surface area contributed by atoms with E-state index in [-0.39, 0.29) is 40.8 Å². The number of furan rings is 1. The van der Waals surface area contributed by atoms with Gasteiger partial charge in [-0.25, -0.2) is 14.4 Å². The second-order valence-corrected chi connectivity index (χ2v) is 10.7. The third kappa shape index (κ3) is 6.17. The minimum atomic E-state index is -0.916. The number of aromatic amines is 1. The highest BCUT2D eigenvalue weighted by atomic mass is 35.5. The van der Waals surface area contributed by atoms with E-state index in [4.69, 9.17) is 30.6 Å². The first kappa shape index (κ1) is 28.6. The number of H-pyrrole nitrogens is 1. The Morgan fingerprint density at radius 3 is 2.81 bits per heavy atom. The van der Waals surface area contributed by atoms with Crippen molar-refractivity contribution in [2.75, 3.05) is 25.0 Å². The number of nitrogens with zero attached hydrogens (tertiary/aromatic N) is 2. The summed E-state index contributed by atoms with van der Waals surface area (Å²) in [6.45, 7) is 2.48. The van der Waals surface area contributed by atoms with Crippen LogP contribution in [-0.4, -0.2) is 63.7 Å². The number of aromatic nitrogens is 3. The summed E-state index contributed by atoms with van der Waals surface area (Å²) in [5, 5.41) is 16.3. The number of aryl methyl sites for hydroxylation is 1. The van der Waals surface area contributed by atoms with Crippen molar-refractivity contribution in [3.05, 3.63) is 76.6 Å². The van der Waals surface area contributed by atoms with Crippen molar-refractivity contribution in [3.8, 4) is 11.5 Å². The molecule has 43 heavy (non-hydrogen) atoms. The highest BCUT2D eigenvalue weighted by molar-refractivity contribution is 6.35. The van der Waals surface area contributed by atoms with E-state index in [0.29, 0.717) is 58.0 Å². The first-order valence-corrected chi connectivity index (χ1v) is 14.0. The summed E-state index contributed by atoms with van der Waals surface area (Å²) in [7, 11) is 0. The lowest BCUT2D eigenvalue weighted by Crippen LogP contribution is -2.40. The second-order valence-electron chi connectivity index (χ2n) is 10.3. The number of hydrogen-bond acceptors (Lipinski definition) is 9. The number of fused-ring (bicyclic) bond motifs is 2. The third-order valence-electron chi connectivity index (χ3n) is 7.16. The molecule has 0 saturated carbocycles. The standard InChI is InChI=1S/C30H27ClFN5O6/c1-15-6-16-7-17(32)8-24(28(16)42-15)43-19-4-5-21(23(31)9-19)27(40)22-11-34-29-26(22)30(36-14-35-29)37-18-2-3-20(41-13-18)10-33-12-25(38)39/h4-9,11,14,18,20,33H,2-3,10,12-13H2,1H3,(H,38,39)(H2,34,35,36,37)/t18-,20+/m1/s1. The predicted octanol–water partition coefficient (Wildman–Crippen LogP) is 5.46. The molecule has 2 atom stereocenters. The maximum Gasteiger partial charge on any atom is 0.317 e. The van der Waals surface area contributed by atoms with E-state index in [1.165, 1.54) is 24.5 Å². The van der Waals surface area contributed by atoms with Crippen LogP contribution in [0, 0.1) is 12.7 Å². The van der Waals surface area contributed by atoms with E-state index < -0.39 is 11.8 Å². The van der Waals surface area contributed by atoms with Gasteiger partial charge in [0.15, 0.2) is 17.1 Å². The van der Waals surface area contributed by atoms with Crippen molar-refractivity contribution in [3.63, 3.8) is 0 Å². The zero-order valence-corrected chi connectivity index (χ0v) is 23.7. The third-order valence-corrected chi connectivity index (χ3v) is 7.47. The molecular formula is C30H27ClFN5O6. The molecule has 3 aromatic heterocycles. The maximum atomic E-state index is 14.2. The number of carboxylic acid groups (broad SMARTS) is 1. The molecule has 0 radical (unpaired) electrons. The van der Waals surface area contributed by atoms with Crippen LogP contribution >= 0.6 is 11.6 Å². The summed E-state index contributed by atoms with van der Waals surface area (Å²) >= 11 is 6.57. The Kier molecular flexibility index (Phi) is 7.98. The number of carbonyl (C=O) groups excluding carboxylic acids is 1. The van der Waals surface area contributed by atoms with Crippen molar-refractivity contribution < 1.29 is 33.0 Å². The van der Waals surface area contributed by atoms with Gasteiger partial charge in [0.05, 0.1) is 41.3 Å². The summed E-state index contributed by atoms with van der Waals surface area (Å²) in [4.78, 5) is 36.1. The average Bonchev–Trinajstić information content (AvgIpc) is 3.57. The van der Waals surface area contributed by atoms with Gasteiger partial charge in [0.1, 0.15) is 35.1 Å². The Balaban J connectivity index is 1.19. The van der Waals surface area contributed by atoms with Crippen LogP contribution in [0.15, 0.2) is 53.3 Å². The van der Waals surface area contributed by atoms with Crippen molar-refractivity contribution in [2.45, 2.75) is 31.9 Å². The average molecular weight is 608 g/mol. The van der Waals surface area contributed by atoms with Crippen molar-refractivity contribution in [1.29, 1.82) is 0 Å². The first-order chi connectivity index (χ1) is 20.7. The Bertz CT molecular complexity index is 1830. The Morgan fingerprint density at radius 1 is 1.19 bits per heavy atom. The molecule has 0 aliphatic carbocycles. The lowest BCUT2D eigenvalue weighted by Gasteiger charge is -2.30. The van der Waals surface area contributed by atoms with Crippen LogP contribution in [0.5, 0.6) is 11.5 Å². The molecular weight excluding hydrogens is 581 g/mol. The van der Waals surface area contributed by atoms with E-state index in [0.717, 1.165) is 12.8 Å². The smallest absolute Gasteiger partial charge is 0.317 e.